The van der Waals surface area contributed by atoms with Crippen LogP contribution in [0, 0.1) is 5.92 Å². The second-order valence-corrected chi connectivity index (χ2v) is 3.69. The minimum absolute atomic E-state index is 0.0270. The Morgan fingerprint density at radius 1 is 1.45 bits per heavy atom. The van der Waals surface area contributed by atoms with Gasteiger partial charge in [-0.15, -0.1) is 0 Å². The molecule has 0 aromatic heterocycles. The Morgan fingerprint density at radius 3 is 2.18 bits per heavy atom. The average Bonchev–Trinajstić information content (AvgIpc) is 1.87. The van der Waals surface area contributed by atoms with Crippen molar-refractivity contribution < 1.29 is 9.53 Å². The van der Waals surface area contributed by atoms with Crippen molar-refractivity contribution in [2.75, 3.05) is 0 Å². The fourth-order valence-corrected chi connectivity index (χ4v) is 0.462. The van der Waals surface area contributed by atoms with E-state index in [2.05, 4.69) is 0 Å². The SMILES string of the molecule is CCC(C)(C)OC(=O)C(C)C. The Kier molecular flexibility index (Phi) is 3.56. The molecule has 2 heteroatoms. The summed E-state index contributed by atoms with van der Waals surface area (Å²) in [5.41, 5.74) is -0.304. The van der Waals surface area contributed by atoms with E-state index in [9.17, 15) is 4.79 Å². The lowest BCUT2D eigenvalue weighted by Crippen LogP contribution is -2.29. The third-order valence-electron chi connectivity index (χ3n) is 1.70. The van der Waals surface area contributed by atoms with Gasteiger partial charge in [-0.05, 0) is 20.3 Å². The van der Waals surface area contributed by atoms with Gasteiger partial charge in [0.25, 0.3) is 0 Å². The van der Waals surface area contributed by atoms with Crippen molar-refractivity contribution >= 4 is 5.97 Å². The molecule has 0 aromatic rings. The first-order valence-electron chi connectivity index (χ1n) is 4.12. The highest BCUT2D eigenvalue weighted by Gasteiger charge is 2.21. The van der Waals surface area contributed by atoms with E-state index in [1.807, 2.05) is 34.6 Å². The molecule has 0 saturated carbocycles. The van der Waals surface area contributed by atoms with Crippen molar-refractivity contribution in [3.8, 4) is 0 Å². The molecule has 0 rings (SSSR count). The molecule has 0 unspecified atom stereocenters. The van der Waals surface area contributed by atoms with E-state index >= 15 is 0 Å². The van der Waals surface area contributed by atoms with Crippen LogP contribution >= 0.6 is 0 Å². The highest BCUT2D eigenvalue weighted by Crippen LogP contribution is 2.15. The summed E-state index contributed by atoms with van der Waals surface area (Å²) < 4.78 is 5.21. The van der Waals surface area contributed by atoms with Crippen molar-refractivity contribution in [3.05, 3.63) is 0 Å². The van der Waals surface area contributed by atoms with Gasteiger partial charge < -0.3 is 4.74 Å². The molecule has 0 aliphatic carbocycles. The first kappa shape index (κ1) is 10.5. The number of ether oxygens (including phenoxy) is 1. The maximum Gasteiger partial charge on any atom is 0.308 e. The van der Waals surface area contributed by atoms with Gasteiger partial charge in [0.15, 0.2) is 0 Å². The van der Waals surface area contributed by atoms with Gasteiger partial charge in [0.05, 0.1) is 5.92 Å². The van der Waals surface area contributed by atoms with Crippen molar-refractivity contribution in [1.29, 1.82) is 0 Å². The molecular formula is C9H18O2. The summed E-state index contributed by atoms with van der Waals surface area (Å²) >= 11 is 0. The summed E-state index contributed by atoms with van der Waals surface area (Å²) in [6, 6.07) is 0. The van der Waals surface area contributed by atoms with Crippen molar-refractivity contribution in [2.24, 2.45) is 5.92 Å². The fraction of sp³-hybridized carbons (Fsp3) is 0.889. The zero-order valence-corrected chi connectivity index (χ0v) is 8.10. The first-order valence-corrected chi connectivity index (χ1v) is 4.12. The highest BCUT2D eigenvalue weighted by molar-refractivity contribution is 5.71. The molecule has 0 radical (unpaired) electrons. The molecule has 0 aliphatic rings. The minimum Gasteiger partial charge on any atom is -0.459 e. The molecule has 11 heavy (non-hydrogen) atoms. The maximum absolute atomic E-state index is 11.1. The van der Waals surface area contributed by atoms with Crippen LogP contribution in [0.4, 0.5) is 0 Å². The Balaban J connectivity index is 3.94. The third kappa shape index (κ3) is 4.02. The summed E-state index contributed by atoms with van der Waals surface area (Å²) in [5.74, 6) is -0.141. The highest BCUT2D eigenvalue weighted by atomic mass is 16.6. The Labute approximate surface area is 68.9 Å². The molecule has 2 nitrogen and oxygen atoms in total. The average molecular weight is 158 g/mol. The topological polar surface area (TPSA) is 26.3 Å². The molecule has 0 bridgehead atoms. The van der Waals surface area contributed by atoms with Gasteiger partial charge in [-0.1, -0.05) is 20.8 Å². The second kappa shape index (κ2) is 3.74. The van der Waals surface area contributed by atoms with E-state index in [0.29, 0.717) is 0 Å². The van der Waals surface area contributed by atoms with Crippen LogP contribution < -0.4 is 0 Å². The second-order valence-electron chi connectivity index (χ2n) is 3.69. The van der Waals surface area contributed by atoms with Gasteiger partial charge in [0, 0.05) is 0 Å². The quantitative estimate of drug-likeness (QED) is 0.589. The van der Waals surface area contributed by atoms with E-state index < -0.39 is 0 Å². The zero-order valence-electron chi connectivity index (χ0n) is 8.10. The van der Waals surface area contributed by atoms with E-state index in [4.69, 9.17) is 4.74 Å². The van der Waals surface area contributed by atoms with Crippen molar-refractivity contribution in [2.45, 2.75) is 46.6 Å². The summed E-state index contributed by atoms with van der Waals surface area (Å²) in [6.45, 7) is 9.54. The molecular weight excluding hydrogens is 140 g/mol. The maximum atomic E-state index is 11.1. The van der Waals surface area contributed by atoms with Crippen LogP contribution in [0.1, 0.15) is 41.0 Å². The monoisotopic (exact) mass is 158 g/mol. The third-order valence-corrected chi connectivity index (χ3v) is 1.70. The van der Waals surface area contributed by atoms with Gasteiger partial charge in [0.2, 0.25) is 0 Å². The number of carbonyl (C=O) groups is 1. The van der Waals surface area contributed by atoms with Gasteiger partial charge in [0.1, 0.15) is 5.60 Å². The Hall–Kier alpha value is -0.530. The van der Waals surface area contributed by atoms with Crippen molar-refractivity contribution in [3.63, 3.8) is 0 Å². The largest absolute Gasteiger partial charge is 0.459 e. The van der Waals surface area contributed by atoms with Crippen LogP contribution in [-0.2, 0) is 9.53 Å². The summed E-state index contributed by atoms with van der Waals surface area (Å²) in [7, 11) is 0. The van der Waals surface area contributed by atoms with Crippen LogP contribution in [0.15, 0.2) is 0 Å². The predicted octanol–water partition coefficient (Wildman–Crippen LogP) is 2.37. The molecule has 0 heterocycles. The molecule has 0 aromatic carbocycles. The minimum atomic E-state index is -0.304. The van der Waals surface area contributed by atoms with Crippen LogP contribution in [0.2, 0.25) is 0 Å². The summed E-state index contributed by atoms with van der Waals surface area (Å²) in [5, 5.41) is 0. The normalized spacial score (nSPS) is 11.8. The lowest BCUT2D eigenvalue weighted by Gasteiger charge is -2.24. The zero-order chi connectivity index (χ0) is 9.07. The van der Waals surface area contributed by atoms with Gasteiger partial charge >= 0.3 is 5.97 Å². The molecule has 0 N–H and O–H groups in total. The molecule has 0 amide bonds. The van der Waals surface area contributed by atoms with E-state index in [1.165, 1.54) is 0 Å². The molecule has 0 atom stereocenters. The van der Waals surface area contributed by atoms with E-state index in [0.717, 1.165) is 6.42 Å². The number of esters is 1. The number of carbonyl (C=O) groups excluding carboxylic acids is 1. The Morgan fingerprint density at radius 2 is 1.91 bits per heavy atom. The van der Waals surface area contributed by atoms with Crippen LogP contribution in [0.3, 0.4) is 0 Å². The molecule has 0 spiro atoms. The van der Waals surface area contributed by atoms with Crippen LogP contribution in [-0.4, -0.2) is 11.6 Å². The van der Waals surface area contributed by atoms with Gasteiger partial charge in [-0.3, -0.25) is 4.79 Å². The molecule has 0 saturated heterocycles. The standard InChI is InChI=1S/C9H18O2/c1-6-9(4,5)11-8(10)7(2)3/h7H,6H2,1-5H3. The lowest BCUT2D eigenvalue weighted by molar-refractivity contribution is -0.160. The number of rotatable bonds is 3. The molecule has 0 aliphatic heterocycles. The molecule has 66 valence electrons. The van der Waals surface area contributed by atoms with Gasteiger partial charge in [-0.25, -0.2) is 0 Å². The number of hydrogen-bond acceptors (Lipinski definition) is 2. The van der Waals surface area contributed by atoms with Crippen LogP contribution in [0.5, 0.6) is 0 Å². The predicted molar refractivity (Wildman–Crippen MR) is 45.3 cm³/mol. The van der Waals surface area contributed by atoms with Crippen LogP contribution in [0.25, 0.3) is 0 Å². The van der Waals surface area contributed by atoms with Gasteiger partial charge in [-0.2, -0.15) is 0 Å². The van der Waals surface area contributed by atoms with Crippen molar-refractivity contribution in [1.82, 2.24) is 0 Å². The molecule has 0 fully saturated rings. The van der Waals surface area contributed by atoms with E-state index in [-0.39, 0.29) is 17.5 Å². The Bertz CT molecular complexity index is 136. The first-order chi connectivity index (χ1) is 4.89. The summed E-state index contributed by atoms with van der Waals surface area (Å²) in [4.78, 5) is 11.1. The fourth-order valence-electron chi connectivity index (χ4n) is 0.462. The number of hydrogen-bond donors (Lipinski definition) is 0. The van der Waals surface area contributed by atoms with E-state index in [1.54, 1.807) is 0 Å². The smallest absolute Gasteiger partial charge is 0.308 e. The lowest BCUT2D eigenvalue weighted by atomic mass is 10.1. The summed E-state index contributed by atoms with van der Waals surface area (Å²) in [6.07, 6.45) is 0.853.